The minimum Gasteiger partial charge on any atom is -0.309 e. The Morgan fingerprint density at radius 1 is 0.442 bits per heavy atom. The smallest absolute Gasteiger partial charge is 0.0541 e. The van der Waals surface area contributed by atoms with Crippen LogP contribution in [0.2, 0.25) is 0 Å². The van der Waals surface area contributed by atoms with Crippen LogP contribution in [0.4, 0.5) is 0 Å². The molecule has 1 heterocycles. The molecule has 1 heteroatoms. The van der Waals surface area contributed by atoms with Gasteiger partial charge in [-0.25, -0.2) is 0 Å². The molecule has 0 saturated carbocycles. The summed E-state index contributed by atoms with van der Waals surface area (Å²) in [5, 5.41) is 5.09. The van der Waals surface area contributed by atoms with Crippen molar-refractivity contribution in [1.82, 2.24) is 4.57 Å². The molecule has 8 rings (SSSR count). The van der Waals surface area contributed by atoms with E-state index in [1.807, 2.05) is 0 Å². The number of rotatable bonds is 5. The van der Waals surface area contributed by atoms with Crippen molar-refractivity contribution in [2.75, 3.05) is 0 Å². The summed E-state index contributed by atoms with van der Waals surface area (Å²) in [4.78, 5) is 0. The standard InChI is InChI=1S/C42H31N/c1-29(30-12-3-2-4-13-30)33-15-11-16-34(28-33)42-36-17-6-5-14-31(36)24-27-37(42)32-22-25-35(26-23-32)43-40-20-9-7-18-38(40)39-19-8-10-21-41(39)43/h2-29H,1H3. The van der Waals surface area contributed by atoms with Crippen LogP contribution in [0, 0.1) is 0 Å². The summed E-state index contributed by atoms with van der Waals surface area (Å²) in [6, 6.07) is 59.6. The van der Waals surface area contributed by atoms with Crippen molar-refractivity contribution >= 4 is 32.6 Å². The number of aromatic nitrogens is 1. The zero-order chi connectivity index (χ0) is 28.8. The predicted octanol–water partition coefficient (Wildman–Crippen LogP) is 11.4. The second-order valence-corrected chi connectivity index (χ2v) is 11.4. The van der Waals surface area contributed by atoms with Crippen molar-refractivity contribution in [3.05, 3.63) is 175 Å². The van der Waals surface area contributed by atoms with Crippen molar-refractivity contribution in [3.8, 4) is 27.9 Å². The summed E-state index contributed by atoms with van der Waals surface area (Å²) < 4.78 is 2.38. The summed E-state index contributed by atoms with van der Waals surface area (Å²) >= 11 is 0. The largest absolute Gasteiger partial charge is 0.309 e. The van der Waals surface area contributed by atoms with Gasteiger partial charge in [-0.05, 0) is 68.4 Å². The first-order chi connectivity index (χ1) is 21.3. The molecule has 0 bridgehead atoms. The van der Waals surface area contributed by atoms with Crippen LogP contribution >= 0.6 is 0 Å². The van der Waals surface area contributed by atoms with Gasteiger partial charge in [0.05, 0.1) is 11.0 Å². The van der Waals surface area contributed by atoms with E-state index in [1.54, 1.807) is 0 Å². The molecule has 0 radical (unpaired) electrons. The van der Waals surface area contributed by atoms with Crippen LogP contribution in [0.25, 0.3) is 60.5 Å². The molecule has 8 aromatic rings. The van der Waals surface area contributed by atoms with Gasteiger partial charge in [-0.3, -0.25) is 0 Å². The lowest BCUT2D eigenvalue weighted by Gasteiger charge is -2.18. The second kappa shape index (κ2) is 10.5. The van der Waals surface area contributed by atoms with Crippen LogP contribution in [-0.4, -0.2) is 4.57 Å². The zero-order valence-electron chi connectivity index (χ0n) is 24.1. The van der Waals surface area contributed by atoms with Crippen LogP contribution in [0.15, 0.2) is 164 Å². The molecule has 43 heavy (non-hydrogen) atoms. The quantitative estimate of drug-likeness (QED) is 0.201. The number of fused-ring (bicyclic) bond motifs is 4. The van der Waals surface area contributed by atoms with Gasteiger partial charge >= 0.3 is 0 Å². The van der Waals surface area contributed by atoms with Crippen LogP contribution in [-0.2, 0) is 0 Å². The minimum absolute atomic E-state index is 0.310. The molecule has 204 valence electrons. The molecule has 1 aromatic heterocycles. The Bertz CT molecular complexity index is 2180. The molecular weight excluding hydrogens is 518 g/mol. The van der Waals surface area contributed by atoms with E-state index in [-0.39, 0.29) is 0 Å². The molecular formula is C42H31N. The molecule has 0 amide bonds. The molecule has 0 saturated heterocycles. The number of nitrogens with zero attached hydrogens (tertiary/aromatic N) is 1. The monoisotopic (exact) mass is 549 g/mol. The normalized spacial score (nSPS) is 12.2. The molecule has 1 unspecified atom stereocenters. The van der Waals surface area contributed by atoms with E-state index >= 15 is 0 Å². The molecule has 0 spiro atoms. The van der Waals surface area contributed by atoms with E-state index in [0.717, 1.165) is 0 Å². The fraction of sp³-hybridized carbons (Fsp3) is 0.0476. The van der Waals surface area contributed by atoms with E-state index in [2.05, 4.69) is 175 Å². The molecule has 0 N–H and O–H groups in total. The first kappa shape index (κ1) is 25.3. The van der Waals surface area contributed by atoms with Gasteiger partial charge in [0, 0.05) is 22.4 Å². The van der Waals surface area contributed by atoms with Crippen LogP contribution in [0.3, 0.4) is 0 Å². The van der Waals surface area contributed by atoms with Crippen LogP contribution in [0.5, 0.6) is 0 Å². The van der Waals surface area contributed by atoms with Gasteiger partial charge in [0.1, 0.15) is 0 Å². The van der Waals surface area contributed by atoms with Gasteiger partial charge in [0.2, 0.25) is 0 Å². The summed E-state index contributed by atoms with van der Waals surface area (Å²) in [6.07, 6.45) is 0. The number of hydrogen-bond acceptors (Lipinski definition) is 0. The molecule has 1 atom stereocenters. The third-order valence-corrected chi connectivity index (χ3v) is 8.92. The fourth-order valence-electron chi connectivity index (χ4n) is 6.71. The number of benzene rings is 7. The van der Waals surface area contributed by atoms with Crippen LogP contribution < -0.4 is 0 Å². The predicted molar refractivity (Wildman–Crippen MR) is 183 cm³/mol. The second-order valence-electron chi connectivity index (χ2n) is 11.4. The van der Waals surface area contributed by atoms with Gasteiger partial charge in [-0.15, -0.1) is 0 Å². The highest BCUT2D eigenvalue weighted by Crippen LogP contribution is 2.40. The Hall–Kier alpha value is -5.40. The topological polar surface area (TPSA) is 4.93 Å². The van der Waals surface area contributed by atoms with E-state index in [4.69, 9.17) is 0 Å². The fourth-order valence-corrected chi connectivity index (χ4v) is 6.71. The van der Waals surface area contributed by atoms with Crippen molar-refractivity contribution < 1.29 is 0 Å². The molecule has 0 fully saturated rings. The van der Waals surface area contributed by atoms with Gasteiger partial charge in [-0.2, -0.15) is 0 Å². The SMILES string of the molecule is CC(c1ccccc1)c1cccc(-c2c(-c3ccc(-n4c5ccccc5c5ccccc54)cc3)ccc3ccccc23)c1. The third kappa shape index (κ3) is 4.33. The van der Waals surface area contributed by atoms with Gasteiger partial charge in [0.15, 0.2) is 0 Å². The van der Waals surface area contributed by atoms with Gasteiger partial charge in [-0.1, -0.05) is 146 Å². The molecule has 0 aliphatic rings. The summed E-state index contributed by atoms with van der Waals surface area (Å²) in [7, 11) is 0. The van der Waals surface area contributed by atoms with Crippen molar-refractivity contribution in [1.29, 1.82) is 0 Å². The lowest BCUT2D eigenvalue weighted by atomic mass is 9.86. The van der Waals surface area contributed by atoms with Crippen LogP contribution in [0.1, 0.15) is 24.0 Å². The van der Waals surface area contributed by atoms with E-state index in [1.165, 1.54) is 71.6 Å². The highest BCUT2D eigenvalue weighted by atomic mass is 15.0. The maximum atomic E-state index is 2.38. The van der Waals surface area contributed by atoms with Crippen molar-refractivity contribution in [2.24, 2.45) is 0 Å². The third-order valence-electron chi connectivity index (χ3n) is 8.92. The van der Waals surface area contributed by atoms with E-state index in [9.17, 15) is 0 Å². The maximum absolute atomic E-state index is 2.38. The van der Waals surface area contributed by atoms with E-state index in [0.29, 0.717) is 5.92 Å². The highest BCUT2D eigenvalue weighted by molar-refractivity contribution is 6.09. The Morgan fingerprint density at radius 2 is 1.05 bits per heavy atom. The average Bonchev–Trinajstić information content (AvgIpc) is 3.42. The van der Waals surface area contributed by atoms with Gasteiger partial charge in [0.25, 0.3) is 0 Å². The number of hydrogen-bond donors (Lipinski definition) is 0. The summed E-state index contributed by atoms with van der Waals surface area (Å²) in [5.74, 6) is 0.310. The number of para-hydroxylation sites is 2. The average molecular weight is 550 g/mol. The molecule has 7 aromatic carbocycles. The van der Waals surface area contributed by atoms with Crippen molar-refractivity contribution in [2.45, 2.75) is 12.8 Å². The molecule has 1 nitrogen and oxygen atoms in total. The highest BCUT2D eigenvalue weighted by Gasteiger charge is 2.16. The molecule has 0 aliphatic heterocycles. The Morgan fingerprint density at radius 3 is 1.77 bits per heavy atom. The van der Waals surface area contributed by atoms with E-state index < -0.39 is 0 Å². The lowest BCUT2D eigenvalue weighted by Crippen LogP contribution is -1.97. The Labute approximate surface area is 252 Å². The van der Waals surface area contributed by atoms with Gasteiger partial charge < -0.3 is 4.57 Å². The lowest BCUT2D eigenvalue weighted by molar-refractivity contribution is 0.923. The molecule has 0 aliphatic carbocycles. The maximum Gasteiger partial charge on any atom is 0.0541 e. The van der Waals surface area contributed by atoms with Crippen molar-refractivity contribution in [3.63, 3.8) is 0 Å². The summed E-state index contributed by atoms with van der Waals surface area (Å²) in [6.45, 7) is 2.30. The minimum atomic E-state index is 0.310. The first-order valence-electron chi connectivity index (χ1n) is 15.0. The Kier molecular flexibility index (Phi) is 6.16. The first-order valence-corrected chi connectivity index (χ1v) is 15.0. The zero-order valence-corrected chi connectivity index (χ0v) is 24.1. The Balaban J connectivity index is 1.27. The summed E-state index contributed by atoms with van der Waals surface area (Å²) in [5.41, 5.74) is 11.3.